The van der Waals surface area contributed by atoms with E-state index >= 15 is 0 Å². The first-order chi connectivity index (χ1) is 14.9. The fourth-order valence-electron chi connectivity index (χ4n) is 5.56. The lowest BCUT2D eigenvalue weighted by atomic mass is 9.91. The Morgan fingerprint density at radius 1 is 0.433 bits per heavy atom. The molecule has 0 radical (unpaired) electrons. The third-order valence-corrected chi connectivity index (χ3v) is 6.74. The Balaban J connectivity index is 1.80. The SMILES string of the molecule is c1ccc2c(c1)ccc1[nH]c3ccc4c5cccc6oc7cccc(c7c65)c4c3c12. The zero-order valence-corrected chi connectivity index (χ0v) is 16.0. The predicted octanol–water partition coefficient (Wildman–Crippen LogP) is 8.12. The standard InChI is InChI=1S/C28H15NO/c1-2-6-16-15(5-1)11-13-20-25(16)28-21(29-20)14-12-18-17-7-3-9-22-26(17)27-19(24(18)28)8-4-10-23(27)30-22/h1-14,29H. The maximum atomic E-state index is 6.23. The van der Waals surface area contributed by atoms with Gasteiger partial charge in [-0.25, -0.2) is 0 Å². The van der Waals surface area contributed by atoms with E-state index in [4.69, 9.17) is 4.42 Å². The van der Waals surface area contributed by atoms with Gasteiger partial charge in [-0.1, -0.05) is 60.7 Å². The largest absolute Gasteiger partial charge is 0.456 e. The number of hydrogen-bond acceptors (Lipinski definition) is 1. The molecule has 2 heteroatoms. The maximum absolute atomic E-state index is 6.23. The van der Waals surface area contributed by atoms with Crippen molar-refractivity contribution in [3.05, 3.63) is 84.9 Å². The van der Waals surface area contributed by atoms with E-state index in [9.17, 15) is 0 Å². The van der Waals surface area contributed by atoms with Crippen molar-refractivity contribution in [1.29, 1.82) is 0 Å². The second kappa shape index (κ2) is 4.92. The summed E-state index contributed by atoms with van der Waals surface area (Å²) in [6, 6.07) is 30.4. The van der Waals surface area contributed by atoms with Crippen LogP contribution in [-0.2, 0) is 0 Å². The number of benzene rings is 6. The fourth-order valence-corrected chi connectivity index (χ4v) is 5.56. The first-order valence-electron chi connectivity index (χ1n) is 10.3. The molecule has 0 saturated carbocycles. The van der Waals surface area contributed by atoms with E-state index in [-0.39, 0.29) is 0 Å². The van der Waals surface area contributed by atoms with Gasteiger partial charge in [-0.15, -0.1) is 0 Å². The summed E-state index contributed by atoms with van der Waals surface area (Å²) < 4.78 is 6.23. The summed E-state index contributed by atoms with van der Waals surface area (Å²) in [6.45, 7) is 0. The van der Waals surface area contributed by atoms with E-state index in [0.29, 0.717) is 0 Å². The van der Waals surface area contributed by atoms with E-state index in [1.165, 1.54) is 64.9 Å². The minimum atomic E-state index is 0.960. The van der Waals surface area contributed by atoms with Gasteiger partial charge in [0.05, 0.1) is 0 Å². The van der Waals surface area contributed by atoms with Crippen molar-refractivity contribution in [2.75, 3.05) is 0 Å². The van der Waals surface area contributed by atoms with Crippen LogP contribution in [0.3, 0.4) is 0 Å². The highest BCUT2D eigenvalue weighted by molar-refractivity contribution is 6.40. The van der Waals surface area contributed by atoms with E-state index in [1.807, 2.05) is 0 Å². The van der Waals surface area contributed by atoms with Gasteiger partial charge in [0.15, 0.2) is 0 Å². The molecule has 0 aliphatic heterocycles. The topological polar surface area (TPSA) is 28.9 Å². The van der Waals surface area contributed by atoms with Crippen molar-refractivity contribution >= 4 is 76.1 Å². The van der Waals surface area contributed by atoms with Crippen molar-refractivity contribution in [3.8, 4) is 0 Å². The number of hydrogen-bond donors (Lipinski definition) is 1. The van der Waals surface area contributed by atoms with Crippen LogP contribution in [0.1, 0.15) is 0 Å². The zero-order chi connectivity index (χ0) is 19.4. The summed E-state index contributed by atoms with van der Waals surface area (Å²) in [7, 11) is 0. The van der Waals surface area contributed by atoms with Gasteiger partial charge in [-0.3, -0.25) is 0 Å². The molecule has 6 aromatic carbocycles. The molecule has 0 fully saturated rings. The highest BCUT2D eigenvalue weighted by atomic mass is 16.3. The van der Waals surface area contributed by atoms with Crippen LogP contribution in [-0.4, -0.2) is 4.98 Å². The number of aromatic nitrogens is 1. The number of aromatic amines is 1. The third-order valence-electron chi connectivity index (χ3n) is 6.74. The molecule has 2 heterocycles. The number of H-pyrrole nitrogens is 1. The monoisotopic (exact) mass is 381 g/mol. The molecule has 0 unspecified atom stereocenters. The van der Waals surface area contributed by atoms with Crippen molar-refractivity contribution < 1.29 is 4.42 Å². The molecule has 0 spiro atoms. The Morgan fingerprint density at radius 2 is 1.10 bits per heavy atom. The summed E-state index contributed by atoms with van der Waals surface area (Å²) in [5.74, 6) is 0. The van der Waals surface area contributed by atoms with Crippen LogP contribution in [0.2, 0.25) is 0 Å². The Labute approximate surface area is 170 Å². The molecular formula is C28H15NO. The summed E-state index contributed by atoms with van der Waals surface area (Å²) in [4.78, 5) is 3.67. The van der Waals surface area contributed by atoms with Crippen molar-refractivity contribution in [2.45, 2.75) is 0 Å². The summed E-state index contributed by atoms with van der Waals surface area (Å²) >= 11 is 0. The van der Waals surface area contributed by atoms with Gasteiger partial charge >= 0.3 is 0 Å². The van der Waals surface area contributed by atoms with E-state index in [1.54, 1.807) is 0 Å². The highest BCUT2D eigenvalue weighted by Crippen LogP contribution is 2.46. The van der Waals surface area contributed by atoms with Crippen molar-refractivity contribution in [3.63, 3.8) is 0 Å². The smallest absolute Gasteiger partial charge is 0.136 e. The average molecular weight is 381 g/mol. The summed E-state index contributed by atoms with van der Waals surface area (Å²) in [5.41, 5.74) is 4.28. The minimum Gasteiger partial charge on any atom is -0.456 e. The molecule has 138 valence electrons. The lowest BCUT2D eigenvalue weighted by molar-refractivity contribution is 0.669. The number of nitrogens with one attached hydrogen (secondary N) is 1. The molecule has 8 aromatic rings. The minimum absolute atomic E-state index is 0.960. The molecule has 0 saturated heterocycles. The Bertz CT molecular complexity index is 1950. The van der Waals surface area contributed by atoms with Crippen LogP contribution in [0, 0.1) is 0 Å². The predicted molar refractivity (Wildman–Crippen MR) is 127 cm³/mol. The normalized spacial score (nSPS) is 12.7. The first-order valence-corrected chi connectivity index (χ1v) is 10.3. The maximum Gasteiger partial charge on any atom is 0.136 e. The molecule has 0 atom stereocenters. The Hall–Kier alpha value is -4.04. The lowest BCUT2D eigenvalue weighted by Gasteiger charge is -2.10. The second-order valence-electron chi connectivity index (χ2n) is 8.20. The Kier molecular flexibility index (Phi) is 2.44. The van der Waals surface area contributed by atoms with Crippen LogP contribution in [0.25, 0.3) is 76.1 Å². The fraction of sp³-hybridized carbons (Fsp3) is 0. The van der Waals surface area contributed by atoms with Gasteiger partial charge in [0, 0.05) is 38.0 Å². The summed E-state index contributed by atoms with van der Waals surface area (Å²) in [6.07, 6.45) is 0. The van der Waals surface area contributed by atoms with Crippen LogP contribution < -0.4 is 0 Å². The molecule has 0 bridgehead atoms. The highest BCUT2D eigenvalue weighted by Gasteiger charge is 2.20. The molecule has 0 aliphatic rings. The first kappa shape index (κ1) is 14.9. The Morgan fingerprint density at radius 3 is 2.00 bits per heavy atom. The molecule has 8 rings (SSSR count). The molecule has 30 heavy (non-hydrogen) atoms. The van der Waals surface area contributed by atoms with Crippen LogP contribution in [0.15, 0.2) is 89.3 Å². The van der Waals surface area contributed by atoms with Gasteiger partial charge in [0.2, 0.25) is 0 Å². The van der Waals surface area contributed by atoms with Crippen LogP contribution in [0.5, 0.6) is 0 Å². The van der Waals surface area contributed by atoms with Crippen molar-refractivity contribution in [1.82, 2.24) is 4.98 Å². The second-order valence-corrected chi connectivity index (χ2v) is 8.20. The van der Waals surface area contributed by atoms with Crippen LogP contribution in [0.4, 0.5) is 0 Å². The van der Waals surface area contributed by atoms with Crippen LogP contribution >= 0.6 is 0 Å². The molecule has 2 nitrogen and oxygen atoms in total. The van der Waals surface area contributed by atoms with Gasteiger partial charge in [0.1, 0.15) is 11.2 Å². The van der Waals surface area contributed by atoms with Gasteiger partial charge < -0.3 is 9.40 Å². The van der Waals surface area contributed by atoms with Gasteiger partial charge in [-0.05, 0) is 51.2 Å². The molecule has 1 N–H and O–H groups in total. The third kappa shape index (κ3) is 1.60. The van der Waals surface area contributed by atoms with Gasteiger partial charge in [0.25, 0.3) is 0 Å². The summed E-state index contributed by atoms with van der Waals surface area (Å²) in [5, 5.41) is 12.7. The number of fused-ring (bicyclic) bond motifs is 9. The van der Waals surface area contributed by atoms with Gasteiger partial charge in [-0.2, -0.15) is 0 Å². The molecule has 0 aliphatic carbocycles. The van der Waals surface area contributed by atoms with E-state index in [2.05, 4.69) is 89.9 Å². The average Bonchev–Trinajstić information content (AvgIpc) is 3.37. The number of furan rings is 1. The molecular weight excluding hydrogens is 366 g/mol. The van der Waals surface area contributed by atoms with E-state index < -0.39 is 0 Å². The van der Waals surface area contributed by atoms with Crippen molar-refractivity contribution in [2.24, 2.45) is 0 Å². The van der Waals surface area contributed by atoms with E-state index in [0.717, 1.165) is 11.2 Å². The lowest BCUT2D eigenvalue weighted by Crippen LogP contribution is -1.83. The zero-order valence-electron chi connectivity index (χ0n) is 16.0. The number of rotatable bonds is 0. The quantitative estimate of drug-likeness (QED) is 0.264. The molecule has 0 amide bonds. The molecule has 2 aromatic heterocycles.